The highest BCUT2D eigenvalue weighted by Crippen LogP contribution is 2.45. The molecule has 12 heteroatoms. The van der Waals surface area contributed by atoms with Crippen molar-refractivity contribution >= 4 is 34.1 Å². The molecule has 1 fully saturated rings. The van der Waals surface area contributed by atoms with Crippen molar-refractivity contribution in [1.29, 1.82) is 5.26 Å². The van der Waals surface area contributed by atoms with Crippen LogP contribution in [0, 0.1) is 18.3 Å². The van der Waals surface area contributed by atoms with Gasteiger partial charge in [0.1, 0.15) is 30.2 Å². The summed E-state index contributed by atoms with van der Waals surface area (Å²) in [5, 5.41) is 19.1. The maximum Gasteiger partial charge on any atom is 0.196 e. The zero-order valence-corrected chi connectivity index (χ0v) is 23.1. The number of nitrogens with two attached hydrogens (primary N) is 1. The summed E-state index contributed by atoms with van der Waals surface area (Å²) in [7, 11) is 0. The molecule has 204 valence electrons. The average Bonchev–Trinajstić information content (AvgIpc) is 3.58. The van der Waals surface area contributed by atoms with Crippen LogP contribution in [0.15, 0.2) is 43.3 Å². The van der Waals surface area contributed by atoms with Crippen LogP contribution in [-0.4, -0.2) is 44.4 Å². The number of benzene rings is 1. The zero-order chi connectivity index (χ0) is 28.0. The van der Waals surface area contributed by atoms with E-state index in [1.54, 1.807) is 24.7 Å². The van der Waals surface area contributed by atoms with Crippen LogP contribution in [0.3, 0.4) is 0 Å². The van der Waals surface area contributed by atoms with E-state index in [2.05, 4.69) is 37.3 Å². The van der Waals surface area contributed by atoms with E-state index in [0.29, 0.717) is 52.9 Å². The van der Waals surface area contributed by atoms with E-state index in [-0.39, 0.29) is 18.2 Å². The van der Waals surface area contributed by atoms with Gasteiger partial charge in [-0.1, -0.05) is 11.6 Å². The van der Waals surface area contributed by atoms with Gasteiger partial charge in [-0.25, -0.2) is 14.6 Å². The Morgan fingerprint density at radius 3 is 2.85 bits per heavy atom. The van der Waals surface area contributed by atoms with Crippen LogP contribution in [0.5, 0.6) is 5.75 Å². The Morgan fingerprint density at radius 1 is 1.30 bits per heavy atom. The van der Waals surface area contributed by atoms with E-state index in [4.69, 9.17) is 31.9 Å². The number of nitrogens with one attached hydrogen (secondary N) is 1. The first-order valence-corrected chi connectivity index (χ1v) is 13.4. The van der Waals surface area contributed by atoms with Crippen LogP contribution >= 0.6 is 11.6 Å². The largest absolute Gasteiger partial charge is 0.493 e. The smallest absolute Gasteiger partial charge is 0.196 e. The fraction of sp³-hybridized carbons (Fsp3) is 0.321. The molecule has 3 aromatic heterocycles. The van der Waals surface area contributed by atoms with Gasteiger partial charge in [-0.15, -0.1) is 0 Å². The lowest BCUT2D eigenvalue weighted by Gasteiger charge is -2.42. The summed E-state index contributed by atoms with van der Waals surface area (Å²) in [5.74, 6) is 1.07. The number of aryl methyl sites for hydroxylation is 1. The molecule has 0 saturated carbocycles. The number of nitriles is 1. The van der Waals surface area contributed by atoms with E-state index in [1.165, 1.54) is 6.33 Å². The molecule has 1 aromatic carbocycles. The van der Waals surface area contributed by atoms with Crippen molar-refractivity contribution < 1.29 is 9.47 Å². The van der Waals surface area contributed by atoms with Crippen molar-refractivity contribution in [2.24, 2.45) is 0 Å². The fourth-order valence-corrected chi connectivity index (χ4v) is 5.72. The molecule has 1 saturated heterocycles. The van der Waals surface area contributed by atoms with Crippen molar-refractivity contribution in [2.45, 2.75) is 39.0 Å². The summed E-state index contributed by atoms with van der Waals surface area (Å²) in [6, 6.07) is 5.89. The third kappa shape index (κ3) is 4.21. The van der Waals surface area contributed by atoms with Gasteiger partial charge in [0.25, 0.3) is 0 Å². The van der Waals surface area contributed by atoms with Gasteiger partial charge < -0.3 is 25.4 Å². The number of hydrogen-bond acceptors (Lipinski definition) is 10. The molecule has 40 heavy (non-hydrogen) atoms. The number of pyridine rings is 1. The first-order valence-electron chi connectivity index (χ1n) is 13.0. The van der Waals surface area contributed by atoms with Gasteiger partial charge in [0.05, 0.1) is 46.2 Å². The Kier molecular flexibility index (Phi) is 6.56. The zero-order valence-electron chi connectivity index (χ0n) is 22.3. The number of nitrogens with zero attached hydrogens (tertiary/aromatic N) is 7. The Hall–Kier alpha value is -4.56. The van der Waals surface area contributed by atoms with Crippen molar-refractivity contribution in [3.8, 4) is 11.8 Å². The maximum atomic E-state index is 10.1. The van der Waals surface area contributed by atoms with Gasteiger partial charge in [0, 0.05) is 48.1 Å². The van der Waals surface area contributed by atoms with Crippen LogP contribution in [-0.2, 0) is 4.74 Å². The predicted octanol–water partition coefficient (Wildman–Crippen LogP) is 4.34. The molecule has 2 aliphatic rings. The Labute approximate surface area is 236 Å². The van der Waals surface area contributed by atoms with E-state index in [0.717, 1.165) is 28.1 Å². The summed E-state index contributed by atoms with van der Waals surface area (Å²) in [4.78, 5) is 15.2. The SMILES string of the molecule is CCOc1c(C(C)n2nc(C)c3c(N)ncnc32)cc(Cl)c(C#N)c1C1CN(c2cncc(C3NC=CO3)c2)C1. The van der Waals surface area contributed by atoms with Crippen LogP contribution in [0.2, 0.25) is 5.02 Å². The molecule has 2 atom stereocenters. The third-order valence-corrected chi connectivity index (χ3v) is 7.74. The second-order valence-electron chi connectivity index (χ2n) is 9.84. The summed E-state index contributed by atoms with van der Waals surface area (Å²) in [5.41, 5.74) is 11.5. The van der Waals surface area contributed by atoms with Gasteiger partial charge in [-0.2, -0.15) is 10.4 Å². The van der Waals surface area contributed by atoms with Crippen molar-refractivity contribution in [3.05, 3.63) is 76.3 Å². The molecular weight excluding hydrogens is 530 g/mol. The average molecular weight is 558 g/mol. The van der Waals surface area contributed by atoms with E-state index in [9.17, 15) is 5.26 Å². The minimum atomic E-state index is -0.305. The number of anilines is 2. The molecule has 5 heterocycles. The Balaban J connectivity index is 1.37. The highest BCUT2D eigenvalue weighted by Gasteiger charge is 2.36. The first kappa shape index (κ1) is 25.7. The van der Waals surface area contributed by atoms with Gasteiger partial charge >= 0.3 is 0 Å². The molecule has 0 aliphatic carbocycles. The minimum absolute atomic E-state index is 0.0288. The number of nitrogen functional groups attached to an aromatic ring is 1. The first-order chi connectivity index (χ1) is 19.4. The van der Waals surface area contributed by atoms with Crippen LogP contribution in [0.4, 0.5) is 11.5 Å². The predicted molar refractivity (Wildman–Crippen MR) is 151 cm³/mol. The van der Waals surface area contributed by atoms with Crippen LogP contribution in [0.25, 0.3) is 11.0 Å². The lowest BCUT2D eigenvalue weighted by atomic mass is 9.84. The monoisotopic (exact) mass is 557 g/mol. The van der Waals surface area contributed by atoms with Crippen LogP contribution < -0.4 is 20.7 Å². The molecule has 2 aliphatic heterocycles. The summed E-state index contributed by atoms with van der Waals surface area (Å²) < 4.78 is 13.6. The molecule has 3 N–H and O–H groups in total. The Morgan fingerprint density at radius 2 is 2.12 bits per heavy atom. The summed E-state index contributed by atoms with van der Waals surface area (Å²) >= 11 is 6.76. The molecule has 11 nitrogen and oxygen atoms in total. The molecule has 0 amide bonds. The molecular formula is C28H28ClN9O2. The minimum Gasteiger partial charge on any atom is -0.493 e. The lowest BCUT2D eigenvalue weighted by Crippen LogP contribution is -2.45. The maximum absolute atomic E-state index is 10.1. The van der Waals surface area contributed by atoms with Crippen molar-refractivity contribution in [2.75, 3.05) is 30.3 Å². The number of fused-ring (bicyclic) bond motifs is 1. The normalized spacial score (nSPS) is 17.3. The third-order valence-electron chi connectivity index (χ3n) is 7.44. The molecule has 0 bridgehead atoms. The number of ether oxygens (including phenoxy) is 2. The molecule has 0 radical (unpaired) electrons. The number of halogens is 1. The quantitative estimate of drug-likeness (QED) is 0.337. The second kappa shape index (κ2) is 10.2. The van der Waals surface area contributed by atoms with E-state index < -0.39 is 0 Å². The van der Waals surface area contributed by atoms with E-state index in [1.807, 2.05) is 31.6 Å². The fourth-order valence-electron chi connectivity index (χ4n) is 5.45. The molecule has 2 unspecified atom stereocenters. The highest BCUT2D eigenvalue weighted by molar-refractivity contribution is 6.32. The number of rotatable bonds is 7. The number of hydrogen-bond donors (Lipinski definition) is 2. The Bertz CT molecular complexity index is 1660. The molecule has 6 rings (SSSR count). The van der Waals surface area contributed by atoms with Gasteiger partial charge in [-0.3, -0.25) is 4.98 Å². The van der Waals surface area contributed by atoms with Crippen molar-refractivity contribution in [3.63, 3.8) is 0 Å². The highest BCUT2D eigenvalue weighted by atomic mass is 35.5. The van der Waals surface area contributed by atoms with Crippen LogP contribution in [0.1, 0.15) is 60.0 Å². The topological polar surface area (TPSA) is 140 Å². The van der Waals surface area contributed by atoms with Gasteiger partial charge in [0.2, 0.25) is 0 Å². The van der Waals surface area contributed by atoms with E-state index >= 15 is 0 Å². The van der Waals surface area contributed by atoms with Crippen molar-refractivity contribution in [1.82, 2.24) is 30.0 Å². The lowest BCUT2D eigenvalue weighted by molar-refractivity contribution is 0.154. The second-order valence-corrected chi connectivity index (χ2v) is 10.2. The summed E-state index contributed by atoms with van der Waals surface area (Å²) in [6.07, 6.45) is 8.20. The number of aromatic nitrogens is 5. The molecule has 4 aromatic rings. The van der Waals surface area contributed by atoms with Gasteiger partial charge in [-0.05, 0) is 32.9 Å². The standard InChI is InChI=1S/C28H28ClN9O2/c1-4-39-25-20(16(3)38-27-23(15(2)36-38)26(31)34-14-35-27)8-22(29)21(9-30)24(25)18-12-37(13-18)19-7-17(10-32-11-19)28-33-5-6-40-28/h5-8,10-11,14,16,18,28,33H,4,12-13H2,1-3H3,(H2,31,34,35). The molecule has 0 spiro atoms. The summed E-state index contributed by atoms with van der Waals surface area (Å²) in [6.45, 7) is 7.60. The van der Waals surface area contributed by atoms with Gasteiger partial charge in [0.15, 0.2) is 11.9 Å².